The SMILES string of the molecule is Brc1cccc(CNC23CC4CC5CC(C2)C5(C4)C3)c1. The van der Waals surface area contributed by atoms with Gasteiger partial charge in [-0.15, -0.1) is 0 Å². The van der Waals surface area contributed by atoms with Crippen LogP contribution < -0.4 is 5.32 Å². The molecule has 4 aliphatic rings. The van der Waals surface area contributed by atoms with Crippen LogP contribution in [0.25, 0.3) is 0 Å². The van der Waals surface area contributed by atoms with Crippen molar-refractivity contribution >= 4 is 15.9 Å². The van der Waals surface area contributed by atoms with E-state index in [2.05, 4.69) is 45.5 Å². The lowest BCUT2D eigenvalue weighted by molar-refractivity contribution is -0.000830. The fourth-order valence-electron chi connectivity index (χ4n) is 6.50. The van der Waals surface area contributed by atoms with Gasteiger partial charge in [0.05, 0.1) is 0 Å². The lowest BCUT2D eigenvalue weighted by Gasteiger charge is -2.49. The quantitative estimate of drug-likeness (QED) is 0.859. The van der Waals surface area contributed by atoms with Gasteiger partial charge in [0, 0.05) is 16.6 Å². The number of halogens is 1. The predicted octanol–water partition coefficient (Wildman–Crippen LogP) is 4.51. The molecule has 5 unspecified atom stereocenters. The number of benzene rings is 1. The Kier molecular flexibility index (Phi) is 2.38. The predicted molar refractivity (Wildman–Crippen MR) is 84.3 cm³/mol. The van der Waals surface area contributed by atoms with E-state index in [4.69, 9.17) is 0 Å². The van der Waals surface area contributed by atoms with E-state index in [0.717, 1.165) is 29.7 Å². The van der Waals surface area contributed by atoms with E-state index in [0.29, 0.717) is 5.54 Å². The van der Waals surface area contributed by atoms with E-state index in [-0.39, 0.29) is 0 Å². The van der Waals surface area contributed by atoms with Gasteiger partial charge >= 0.3 is 0 Å². The number of hydrogen-bond donors (Lipinski definition) is 1. The van der Waals surface area contributed by atoms with Crippen LogP contribution in [0.5, 0.6) is 0 Å². The molecule has 0 saturated heterocycles. The Morgan fingerprint density at radius 3 is 3.00 bits per heavy atom. The Morgan fingerprint density at radius 1 is 1.15 bits per heavy atom. The van der Waals surface area contributed by atoms with Crippen molar-refractivity contribution in [2.75, 3.05) is 0 Å². The first-order valence-corrected chi connectivity index (χ1v) is 8.96. The number of hydrogen-bond acceptors (Lipinski definition) is 1. The average Bonchev–Trinajstić information content (AvgIpc) is 2.73. The molecular weight excluding hydrogens is 310 g/mol. The minimum Gasteiger partial charge on any atom is -0.307 e. The zero-order valence-electron chi connectivity index (χ0n) is 11.9. The van der Waals surface area contributed by atoms with E-state index in [1.807, 2.05) is 0 Å². The van der Waals surface area contributed by atoms with Crippen molar-refractivity contribution in [1.29, 1.82) is 0 Å². The maximum atomic E-state index is 4.00. The zero-order chi connectivity index (χ0) is 13.4. The molecule has 5 atom stereocenters. The standard InChI is InChI=1S/C18H22BrN/c19-16-3-1-2-12(5-16)10-20-17-7-13-4-14-6-15(9-17)18(14,8-13)11-17/h1-3,5,13-15,20H,4,6-11H2. The molecule has 1 aromatic carbocycles. The fraction of sp³-hybridized carbons (Fsp3) is 0.667. The lowest BCUT2D eigenvalue weighted by Crippen LogP contribution is -2.47. The largest absolute Gasteiger partial charge is 0.307 e. The van der Waals surface area contributed by atoms with Gasteiger partial charge in [0.2, 0.25) is 0 Å². The van der Waals surface area contributed by atoms with Gasteiger partial charge in [-0.25, -0.2) is 0 Å². The Hall–Kier alpha value is -0.340. The Morgan fingerprint density at radius 2 is 2.10 bits per heavy atom. The highest BCUT2D eigenvalue weighted by Crippen LogP contribution is 2.76. The van der Waals surface area contributed by atoms with E-state index in [1.54, 1.807) is 19.3 Å². The molecule has 4 saturated carbocycles. The number of fused-ring (bicyclic) bond motifs is 2. The van der Waals surface area contributed by atoms with Crippen molar-refractivity contribution in [2.45, 2.75) is 50.6 Å². The van der Waals surface area contributed by atoms with Crippen LogP contribution in [0, 0.1) is 23.2 Å². The van der Waals surface area contributed by atoms with Crippen molar-refractivity contribution in [2.24, 2.45) is 23.2 Å². The summed E-state index contributed by atoms with van der Waals surface area (Å²) >= 11 is 3.58. The molecule has 1 N–H and O–H groups in total. The van der Waals surface area contributed by atoms with Gasteiger partial charge in [-0.1, -0.05) is 28.1 Å². The molecule has 0 aliphatic heterocycles. The van der Waals surface area contributed by atoms with Crippen molar-refractivity contribution in [3.05, 3.63) is 34.3 Å². The molecule has 5 rings (SSSR count). The molecule has 2 heteroatoms. The smallest absolute Gasteiger partial charge is 0.0211 e. The van der Waals surface area contributed by atoms with Gasteiger partial charge in [-0.2, -0.15) is 0 Å². The highest BCUT2D eigenvalue weighted by atomic mass is 79.9. The first-order valence-electron chi connectivity index (χ1n) is 8.17. The summed E-state index contributed by atoms with van der Waals surface area (Å²) in [5.41, 5.74) is 2.70. The number of nitrogens with one attached hydrogen (secondary N) is 1. The molecule has 0 amide bonds. The molecule has 1 aromatic rings. The summed E-state index contributed by atoms with van der Waals surface area (Å²) in [6.45, 7) is 1.04. The second-order valence-corrected chi connectivity index (χ2v) is 8.93. The summed E-state index contributed by atoms with van der Waals surface area (Å²) in [4.78, 5) is 0. The van der Waals surface area contributed by atoms with Crippen molar-refractivity contribution in [3.63, 3.8) is 0 Å². The Bertz CT molecular complexity index is 566. The molecular formula is C18H22BrN. The molecule has 4 fully saturated rings. The molecule has 3 bridgehead atoms. The van der Waals surface area contributed by atoms with Crippen LogP contribution in [0.3, 0.4) is 0 Å². The first kappa shape index (κ1) is 12.2. The topological polar surface area (TPSA) is 12.0 Å². The van der Waals surface area contributed by atoms with Gasteiger partial charge in [0.25, 0.3) is 0 Å². The third kappa shape index (κ3) is 1.53. The summed E-state index contributed by atoms with van der Waals surface area (Å²) < 4.78 is 1.20. The third-order valence-electron chi connectivity index (χ3n) is 7.02. The van der Waals surface area contributed by atoms with Gasteiger partial charge in [-0.05, 0) is 79.4 Å². The summed E-state index contributed by atoms with van der Waals surface area (Å²) in [6.07, 6.45) is 9.08. The van der Waals surface area contributed by atoms with E-state index < -0.39 is 0 Å². The van der Waals surface area contributed by atoms with Crippen molar-refractivity contribution < 1.29 is 0 Å². The Balaban J connectivity index is 1.37. The van der Waals surface area contributed by atoms with Crippen molar-refractivity contribution in [1.82, 2.24) is 5.32 Å². The van der Waals surface area contributed by atoms with Crippen LogP contribution in [-0.2, 0) is 6.54 Å². The Labute approximate surface area is 129 Å². The summed E-state index contributed by atoms with van der Waals surface area (Å²) in [5.74, 6) is 3.21. The van der Waals surface area contributed by atoms with E-state index in [1.165, 1.54) is 29.3 Å². The van der Waals surface area contributed by atoms with Crippen molar-refractivity contribution in [3.8, 4) is 0 Å². The summed E-state index contributed by atoms with van der Waals surface area (Å²) in [5, 5.41) is 4.00. The normalized spacial score (nSPS) is 47.4. The minimum atomic E-state index is 0.487. The van der Waals surface area contributed by atoms with Gasteiger partial charge in [0.15, 0.2) is 0 Å². The highest BCUT2D eigenvalue weighted by molar-refractivity contribution is 9.10. The van der Waals surface area contributed by atoms with Crippen LogP contribution in [-0.4, -0.2) is 5.54 Å². The van der Waals surface area contributed by atoms with Crippen LogP contribution in [0.2, 0.25) is 0 Å². The third-order valence-corrected chi connectivity index (χ3v) is 7.52. The van der Waals surface area contributed by atoms with Crippen LogP contribution in [0.1, 0.15) is 44.1 Å². The molecule has 20 heavy (non-hydrogen) atoms. The summed E-state index contributed by atoms with van der Waals surface area (Å²) in [6, 6.07) is 8.76. The molecule has 0 aromatic heterocycles. The van der Waals surface area contributed by atoms with Crippen LogP contribution in [0.4, 0.5) is 0 Å². The van der Waals surface area contributed by atoms with Crippen LogP contribution in [0.15, 0.2) is 28.7 Å². The molecule has 0 heterocycles. The molecule has 106 valence electrons. The fourth-order valence-corrected chi connectivity index (χ4v) is 6.95. The molecule has 1 spiro atoms. The minimum absolute atomic E-state index is 0.487. The monoisotopic (exact) mass is 331 g/mol. The first-order chi connectivity index (χ1) is 9.68. The second-order valence-electron chi connectivity index (χ2n) is 8.02. The van der Waals surface area contributed by atoms with Gasteiger partial charge in [0.1, 0.15) is 0 Å². The molecule has 1 nitrogen and oxygen atoms in total. The van der Waals surface area contributed by atoms with Crippen LogP contribution >= 0.6 is 15.9 Å². The lowest BCUT2D eigenvalue weighted by atomic mass is 9.56. The summed E-state index contributed by atoms with van der Waals surface area (Å²) in [7, 11) is 0. The average molecular weight is 332 g/mol. The highest BCUT2D eigenvalue weighted by Gasteiger charge is 2.70. The second kappa shape index (κ2) is 3.89. The number of rotatable bonds is 3. The van der Waals surface area contributed by atoms with E-state index >= 15 is 0 Å². The molecule has 0 radical (unpaired) electrons. The molecule has 4 aliphatic carbocycles. The van der Waals surface area contributed by atoms with Gasteiger partial charge < -0.3 is 5.32 Å². The maximum absolute atomic E-state index is 4.00. The van der Waals surface area contributed by atoms with Gasteiger partial charge in [-0.3, -0.25) is 0 Å². The zero-order valence-corrected chi connectivity index (χ0v) is 13.5. The maximum Gasteiger partial charge on any atom is 0.0211 e. The van der Waals surface area contributed by atoms with E-state index in [9.17, 15) is 0 Å².